The zero-order valence-corrected chi connectivity index (χ0v) is 14.2. The van der Waals surface area contributed by atoms with Crippen molar-refractivity contribution < 1.29 is 122 Å². The van der Waals surface area contributed by atoms with Gasteiger partial charge in [-0.15, -0.1) is 0 Å². The Kier molecular flexibility index (Phi) is 554. The summed E-state index contributed by atoms with van der Waals surface area (Å²) in [6.07, 6.45) is 0. The maximum absolute atomic E-state index is 0. The molecule has 0 saturated heterocycles. The van der Waals surface area contributed by atoms with Crippen molar-refractivity contribution in [2.24, 2.45) is 0 Å². The van der Waals surface area contributed by atoms with Gasteiger partial charge in [0.1, 0.15) is 0 Å². The zero-order chi connectivity index (χ0) is 0. The van der Waals surface area contributed by atoms with E-state index in [1.165, 1.54) is 0 Å². The van der Waals surface area contributed by atoms with Gasteiger partial charge in [0.2, 0.25) is 0 Å². The van der Waals surface area contributed by atoms with Crippen molar-refractivity contribution in [3.8, 4) is 0 Å². The molecule has 0 fully saturated rings. The number of rotatable bonds is 0. The van der Waals surface area contributed by atoms with Gasteiger partial charge in [-0.1, -0.05) is 0 Å². The predicted molar refractivity (Wildman–Crippen MR) is 21.1 cm³/mol. The zero-order valence-electron chi connectivity index (χ0n) is 5.02. The van der Waals surface area contributed by atoms with Crippen LogP contribution >= 0.6 is 0 Å². The maximum atomic E-state index is 0. The quantitative estimate of drug-likeness (QED) is 0.372. The summed E-state index contributed by atoms with van der Waals surface area (Å²) in [7, 11) is 0. The van der Waals surface area contributed by atoms with Crippen LogP contribution < -0.4 is 103 Å². The Morgan fingerprint density at radius 1 is 0.429 bits per heavy atom. The monoisotopic (exact) mass is 206 g/mol. The minimum absolute atomic E-state index is 0. The van der Waals surface area contributed by atoms with Gasteiger partial charge in [0, 0.05) is 0 Å². The second-order valence-corrected chi connectivity index (χ2v) is 0. The van der Waals surface area contributed by atoms with E-state index < -0.39 is 0 Å². The summed E-state index contributed by atoms with van der Waals surface area (Å²) in [5.41, 5.74) is 0. The second kappa shape index (κ2) is 53.2. The molecule has 7 heteroatoms. The molecule has 0 rings (SSSR count). The van der Waals surface area contributed by atoms with E-state index in [2.05, 4.69) is 0 Å². The molecule has 0 aliphatic heterocycles. The Bertz CT molecular complexity index is 9.65. The number of hydrogen-bond donors (Lipinski definition) is 0. The van der Waals surface area contributed by atoms with E-state index in [-0.39, 0.29) is 147 Å². The average Bonchev–Trinajstić information content (AvgIpc) is 0. The first-order chi connectivity index (χ1) is 0. The Balaban J connectivity index is 0. The van der Waals surface area contributed by atoms with Crippen molar-refractivity contribution in [3.05, 3.63) is 24.6 Å². The third kappa shape index (κ3) is 41.7. The van der Waals surface area contributed by atoms with Gasteiger partial charge in [-0.2, -0.15) is 0 Å². The summed E-state index contributed by atoms with van der Waals surface area (Å²) >= 11 is 0. The van der Waals surface area contributed by atoms with Gasteiger partial charge in [0.15, 0.2) is 0 Å². The van der Waals surface area contributed by atoms with Crippen LogP contribution in [-0.4, -0.2) is 0 Å². The van der Waals surface area contributed by atoms with Crippen LogP contribution in [0.25, 0.3) is 24.6 Å². The van der Waals surface area contributed by atoms with Crippen LogP contribution in [0.1, 0.15) is 0 Å². The fourth-order valence-corrected chi connectivity index (χ4v) is 0. The molecule has 0 heterocycles. The molecule has 0 aliphatic rings. The Labute approximate surface area is 143 Å². The van der Waals surface area contributed by atoms with Crippen LogP contribution in [0.2, 0.25) is 0 Å². The molecule has 0 saturated carbocycles. The van der Waals surface area contributed by atoms with Crippen molar-refractivity contribution in [1.82, 2.24) is 0 Å². The van der Waals surface area contributed by atoms with Crippen LogP contribution in [0, 0.1) is 0 Å². The van der Waals surface area contributed by atoms with Gasteiger partial charge in [-0.25, -0.2) is 0 Å². The Hall–Kier alpha value is 3.74. The molecule has 7 heavy (non-hydrogen) atoms. The first-order valence-corrected chi connectivity index (χ1v) is 0. The molecule has 32 valence electrons. The van der Waals surface area contributed by atoms with Crippen molar-refractivity contribution >= 4 is 0 Å². The topological polar surface area (TPSA) is 134 Å². The molecule has 0 atom stereocenters. The van der Waals surface area contributed by atoms with Crippen molar-refractivity contribution in [2.75, 3.05) is 0 Å². The van der Waals surface area contributed by atoms with E-state index in [0.29, 0.717) is 0 Å². The van der Waals surface area contributed by atoms with Gasteiger partial charge >= 0.3 is 122 Å². The molecule has 0 aromatic carbocycles. The minimum atomic E-state index is 0. The van der Waals surface area contributed by atoms with Crippen LogP contribution in [0.3, 0.4) is 0 Å². The SMILES string of the molecule is [K+].[K+].[NH2-].[NH2-].[NH2-].[NH2-].[Zn+2]. The molecule has 0 bridgehead atoms. The molecule has 0 aromatic rings. The molecule has 8 N–H and O–H groups in total. The van der Waals surface area contributed by atoms with E-state index in [1.54, 1.807) is 0 Å². The standard InChI is InChI=1S/2K.4H2N.Zn/h;;4*1H2;/q2*+1;4*-1;+2. The summed E-state index contributed by atoms with van der Waals surface area (Å²) in [4.78, 5) is 0. The summed E-state index contributed by atoms with van der Waals surface area (Å²) in [6, 6.07) is 0. The van der Waals surface area contributed by atoms with Crippen LogP contribution in [-0.2, 0) is 19.5 Å². The molecule has 0 spiro atoms. The fourth-order valence-electron chi connectivity index (χ4n) is 0. The average molecular weight is 208 g/mol. The van der Waals surface area contributed by atoms with E-state index >= 15 is 0 Å². The van der Waals surface area contributed by atoms with Crippen LogP contribution in [0.15, 0.2) is 0 Å². The predicted octanol–water partition coefficient (Wildman–Crippen LogP) is -3.13. The minimum Gasteiger partial charge on any atom is -0.693 e. The van der Waals surface area contributed by atoms with Crippen molar-refractivity contribution in [2.45, 2.75) is 0 Å². The van der Waals surface area contributed by atoms with E-state index in [1.807, 2.05) is 0 Å². The molecular formula is H8K2N4Zn. The third-order valence-corrected chi connectivity index (χ3v) is 0. The summed E-state index contributed by atoms with van der Waals surface area (Å²) in [5.74, 6) is 0. The first-order valence-electron chi connectivity index (χ1n) is 0. The first kappa shape index (κ1) is 72.9. The third-order valence-electron chi connectivity index (χ3n) is 0. The second-order valence-electron chi connectivity index (χ2n) is 0. The normalized spacial score (nSPS) is 0. The van der Waals surface area contributed by atoms with Crippen LogP contribution in [0.4, 0.5) is 0 Å². The number of hydrogen-bond acceptors (Lipinski definition) is 0. The van der Waals surface area contributed by atoms with E-state index in [4.69, 9.17) is 0 Å². The molecule has 0 amide bonds. The van der Waals surface area contributed by atoms with Gasteiger partial charge in [0.05, 0.1) is 0 Å². The number of nitrogens with two attached hydrogens (primary N) is 4. The summed E-state index contributed by atoms with van der Waals surface area (Å²) < 4.78 is 0. The molecule has 0 unspecified atom stereocenters. The molecule has 0 aliphatic carbocycles. The molecule has 0 radical (unpaired) electrons. The van der Waals surface area contributed by atoms with Crippen molar-refractivity contribution in [1.29, 1.82) is 0 Å². The van der Waals surface area contributed by atoms with Gasteiger partial charge in [-0.05, 0) is 0 Å². The van der Waals surface area contributed by atoms with Gasteiger partial charge in [0.25, 0.3) is 0 Å². The Morgan fingerprint density at radius 2 is 0.429 bits per heavy atom. The van der Waals surface area contributed by atoms with E-state index in [9.17, 15) is 0 Å². The van der Waals surface area contributed by atoms with Gasteiger partial charge < -0.3 is 24.6 Å². The molecule has 0 aromatic heterocycles. The molecular weight excluding hydrogens is 200 g/mol. The fraction of sp³-hybridized carbons (Fsp3) is 0. The summed E-state index contributed by atoms with van der Waals surface area (Å²) in [5, 5.41) is 0. The smallest absolute Gasteiger partial charge is 0.693 e. The summed E-state index contributed by atoms with van der Waals surface area (Å²) in [6.45, 7) is 0. The largest absolute Gasteiger partial charge is 2.00 e. The van der Waals surface area contributed by atoms with Gasteiger partial charge in [-0.3, -0.25) is 0 Å². The van der Waals surface area contributed by atoms with Crippen LogP contribution in [0.5, 0.6) is 0 Å². The van der Waals surface area contributed by atoms with Crippen molar-refractivity contribution in [3.63, 3.8) is 0 Å². The molecule has 4 nitrogen and oxygen atoms in total. The Morgan fingerprint density at radius 3 is 0.429 bits per heavy atom. The van der Waals surface area contributed by atoms with E-state index in [0.717, 1.165) is 0 Å². The maximum Gasteiger partial charge on any atom is 2.00 e.